The van der Waals surface area contributed by atoms with Crippen LogP contribution >= 0.6 is 0 Å². The molecule has 1 rings (SSSR count). The lowest BCUT2D eigenvalue weighted by Crippen LogP contribution is -2.41. The van der Waals surface area contributed by atoms with E-state index in [0.29, 0.717) is 13.0 Å². The molecule has 4 nitrogen and oxygen atoms in total. The monoisotopic (exact) mass is 311 g/mol. The molecule has 0 aliphatic heterocycles. The van der Waals surface area contributed by atoms with Crippen LogP contribution in [0.4, 0.5) is 0 Å². The molecule has 0 saturated heterocycles. The molecule has 0 aromatic rings. The fourth-order valence-corrected chi connectivity index (χ4v) is 3.30. The Kier molecular flexibility index (Phi) is 7.91. The minimum Gasteiger partial charge on any atom is -0.481 e. The molecule has 0 heterocycles. The lowest BCUT2D eigenvalue weighted by molar-refractivity contribution is -0.137. The normalized spacial score (nSPS) is 25.2. The molecule has 0 unspecified atom stereocenters. The standard InChI is InChI=1S/C18H33NO3/c1-14(2)6-4-7-15-9-11-18(3,12-10-15)17(22)19-13-5-8-16(20)21/h14-15H,4-13H2,1-3H3,(H,19,22)(H,20,21)/t15-,18-. The fraction of sp³-hybridized carbons (Fsp3) is 0.889. The maximum absolute atomic E-state index is 12.3. The number of carboxylic acids is 1. The zero-order chi connectivity index (χ0) is 16.6. The molecule has 1 amide bonds. The zero-order valence-corrected chi connectivity index (χ0v) is 14.5. The van der Waals surface area contributed by atoms with Gasteiger partial charge in [-0.15, -0.1) is 0 Å². The summed E-state index contributed by atoms with van der Waals surface area (Å²) in [7, 11) is 0. The zero-order valence-electron chi connectivity index (χ0n) is 14.5. The molecule has 0 radical (unpaired) electrons. The second-order valence-electron chi connectivity index (χ2n) is 7.58. The summed E-state index contributed by atoms with van der Waals surface area (Å²) < 4.78 is 0. The maximum Gasteiger partial charge on any atom is 0.303 e. The summed E-state index contributed by atoms with van der Waals surface area (Å²) in [4.78, 5) is 22.8. The van der Waals surface area contributed by atoms with Gasteiger partial charge < -0.3 is 10.4 Å². The Morgan fingerprint density at radius 1 is 1.23 bits per heavy atom. The molecule has 0 bridgehead atoms. The topological polar surface area (TPSA) is 66.4 Å². The first-order chi connectivity index (χ1) is 10.3. The van der Waals surface area contributed by atoms with E-state index >= 15 is 0 Å². The van der Waals surface area contributed by atoms with E-state index in [4.69, 9.17) is 5.11 Å². The van der Waals surface area contributed by atoms with Crippen LogP contribution in [0.5, 0.6) is 0 Å². The van der Waals surface area contributed by atoms with Crippen LogP contribution in [0.3, 0.4) is 0 Å². The second kappa shape index (κ2) is 9.16. The Balaban J connectivity index is 2.25. The SMILES string of the molecule is CC(C)CCC[C@H]1CC[C@](C)(C(=O)NCCCC(=O)O)CC1. The molecular weight excluding hydrogens is 278 g/mol. The third-order valence-corrected chi connectivity index (χ3v) is 5.00. The molecular formula is C18H33NO3. The Morgan fingerprint density at radius 2 is 1.86 bits per heavy atom. The van der Waals surface area contributed by atoms with E-state index in [1.54, 1.807) is 0 Å². The van der Waals surface area contributed by atoms with Crippen LogP contribution < -0.4 is 5.32 Å². The van der Waals surface area contributed by atoms with Gasteiger partial charge >= 0.3 is 5.97 Å². The predicted octanol–water partition coefficient (Wildman–Crippen LogP) is 3.99. The molecule has 1 aliphatic carbocycles. The van der Waals surface area contributed by atoms with Crippen LogP contribution in [0.15, 0.2) is 0 Å². The lowest BCUT2D eigenvalue weighted by Gasteiger charge is -2.36. The first kappa shape index (κ1) is 19.0. The van der Waals surface area contributed by atoms with E-state index in [-0.39, 0.29) is 17.7 Å². The number of nitrogens with one attached hydrogen (secondary N) is 1. The molecule has 1 aliphatic rings. The first-order valence-electron chi connectivity index (χ1n) is 8.83. The maximum atomic E-state index is 12.3. The quantitative estimate of drug-likeness (QED) is 0.633. The van der Waals surface area contributed by atoms with E-state index in [1.165, 1.54) is 19.3 Å². The van der Waals surface area contributed by atoms with Crippen molar-refractivity contribution in [2.24, 2.45) is 17.3 Å². The smallest absolute Gasteiger partial charge is 0.303 e. The molecule has 128 valence electrons. The van der Waals surface area contributed by atoms with Crippen LogP contribution in [-0.4, -0.2) is 23.5 Å². The van der Waals surface area contributed by atoms with Crippen LogP contribution in [0.1, 0.15) is 78.6 Å². The number of rotatable bonds is 9. The molecule has 2 N–H and O–H groups in total. The van der Waals surface area contributed by atoms with Crippen molar-refractivity contribution in [3.63, 3.8) is 0 Å². The summed E-state index contributed by atoms with van der Waals surface area (Å²) in [6.07, 6.45) is 8.76. The van der Waals surface area contributed by atoms with Crippen LogP contribution in [-0.2, 0) is 9.59 Å². The van der Waals surface area contributed by atoms with E-state index in [0.717, 1.165) is 37.5 Å². The van der Waals surface area contributed by atoms with Gasteiger partial charge in [0.05, 0.1) is 0 Å². The highest BCUT2D eigenvalue weighted by atomic mass is 16.4. The Morgan fingerprint density at radius 3 is 2.41 bits per heavy atom. The van der Waals surface area contributed by atoms with Gasteiger partial charge in [0.25, 0.3) is 0 Å². The van der Waals surface area contributed by atoms with Crippen molar-refractivity contribution >= 4 is 11.9 Å². The Bertz CT molecular complexity index is 357. The van der Waals surface area contributed by atoms with Gasteiger partial charge in [0.15, 0.2) is 0 Å². The third-order valence-electron chi connectivity index (χ3n) is 5.00. The highest BCUT2D eigenvalue weighted by Crippen LogP contribution is 2.40. The van der Waals surface area contributed by atoms with E-state index in [2.05, 4.69) is 26.1 Å². The van der Waals surface area contributed by atoms with Gasteiger partial charge in [0, 0.05) is 18.4 Å². The van der Waals surface area contributed by atoms with Crippen molar-refractivity contribution < 1.29 is 14.7 Å². The van der Waals surface area contributed by atoms with Crippen LogP contribution in [0.2, 0.25) is 0 Å². The van der Waals surface area contributed by atoms with Gasteiger partial charge in [-0.05, 0) is 43.9 Å². The summed E-state index contributed by atoms with van der Waals surface area (Å²) in [5.74, 6) is 0.873. The molecule has 4 heteroatoms. The van der Waals surface area contributed by atoms with Gasteiger partial charge in [-0.3, -0.25) is 9.59 Å². The minimum atomic E-state index is -0.803. The van der Waals surface area contributed by atoms with E-state index in [9.17, 15) is 9.59 Å². The van der Waals surface area contributed by atoms with Gasteiger partial charge in [-0.25, -0.2) is 0 Å². The average molecular weight is 311 g/mol. The molecule has 1 saturated carbocycles. The second-order valence-corrected chi connectivity index (χ2v) is 7.58. The first-order valence-corrected chi connectivity index (χ1v) is 8.83. The highest BCUT2D eigenvalue weighted by Gasteiger charge is 2.36. The van der Waals surface area contributed by atoms with Crippen molar-refractivity contribution in [1.29, 1.82) is 0 Å². The van der Waals surface area contributed by atoms with Crippen molar-refractivity contribution in [2.75, 3.05) is 6.54 Å². The summed E-state index contributed by atoms with van der Waals surface area (Å²) in [5, 5.41) is 11.5. The van der Waals surface area contributed by atoms with Crippen LogP contribution in [0, 0.1) is 17.3 Å². The van der Waals surface area contributed by atoms with Crippen molar-refractivity contribution in [1.82, 2.24) is 5.32 Å². The Labute approximate surface area is 135 Å². The molecule has 0 atom stereocenters. The van der Waals surface area contributed by atoms with Crippen LogP contribution in [0.25, 0.3) is 0 Å². The number of carboxylic acid groups (broad SMARTS) is 1. The van der Waals surface area contributed by atoms with Crippen molar-refractivity contribution in [3.05, 3.63) is 0 Å². The number of hydrogen-bond donors (Lipinski definition) is 2. The summed E-state index contributed by atoms with van der Waals surface area (Å²) in [6.45, 7) is 7.07. The fourth-order valence-electron chi connectivity index (χ4n) is 3.30. The summed E-state index contributed by atoms with van der Waals surface area (Å²) in [6, 6.07) is 0. The summed E-state index contributed by atoms with van der Waals surface area (Å²) in [5.41, 5.74) is -0.252. The largest absolute Gasteiger partial charge is 0.481 e. The van der Waals surface area contributed by atoms with Gasteiger partial charge in [0.2, 0.25) is 5.91 Å². The molecule has 0 aromatic carbocycles. The molecule has 1 fully saturated rings. The minimum absolute atomic E-state index is 0.110. The lowest BCUT2D eigenvalue weighted by atomic mass is 9.70. The average Bonchev–Trinajstić information content (AvgIpc) is 2.45. The van der Waals surface area contributed by atoms with E-state index in [1.807, 2.05) is 0 Å². The van der Waals surface area contributed by atoms with Crippen molar-refractivity contribution in [2.45, 2.75) is 78.6 Å². The number of carbonyl (C=O) groups excluding carboxylic acids is 1. The Hall–Kier alpha value is -1.06. The summed E-state index contributed by atoms with van der Waals surface area (Å²) >= 11 is 0. The van der Waals surface area contributed by atoms with E-state index < -0.39 is 5.97 Å². The van der Waals surface area contributed by atoms with Gasteiger partial charge in [0.1, 0.15) is 0 Å². The number of carbonyl (C=O) groups is 2. The highest BCUT2D eigenvalue weighted by molar-refractivity contribution is 5.82. The van der Waals surface area contributed by atoms with Gasteiger partial charge in [-0.1, -0.05) is 40.0 Å². The molecule has 22 heavy (non-hydrogen) atoms. The molecule has 0 spiro atoms. The van der Waals surface area contributed by atoms with Crippen molar-refractivity contribution in [3.8, 4) is 0 Å². The third kappa shape index (κ3) is 6.80. The number of aliphatic carboxylic acids is 1. The van der Waals surface area contributed by atoms with Gasteiger partial charge in [-0.2, -0.15) is 0 Å². The number of hydrogen-bond acceptors (Lipinski definition) is 2. The number of amides is 1. The molecule has 0 aromatic heterocycles. The predicted molar refractivity (Wildman–Crippen MR) is 88.6 cm³/mol.